The van der Waals surface area contributed by atoms with Crippen LogP contribution in [0.5, 0.6) is 0 Å². The van der Waals surface area contributed by atoms with E-state index in [1.165, 1.54) is 6.20 Å². The Labute approximate surface area is 212 Å². The number of morpholine rings is 1. The molecule has 0 saturated carbocycles. The van der Waals surface area contributed by atoms with Crippen LogP contribution in [0.25, 0.3) is 11.1 Å². The average Bonchev–Trinajstić information content (AvgIpc) is 3.39. The van der Waals surface area contributed by atoms with Gasteiger partial charge in [0, 0.05) is 62.0 Å². The van der Waals surface area contributed by atoms with Crippen LogP contribution in [-0.2, 0) is 9.53 Å². The van der Waals surface area contributed by atoms with Gasteiger partial charge in [0.1, 0.15) is 5.82 Å². The lowest BCUT2D eigenvalue weighted by atomic mass is 10.0. The van der Waals surface area contributed by atoms with Crippen LogP contribution in [0.4, 0.5) is 21.5 Å². The number of carbonyl (C=O) groups excluding carboxylic acids is 1. The first-order valence-electron chi connectivity index (χ1n) is 12.2. The zero-order chi connectivity index (χ0) is 25.7. The summed E-state index contributed by atoms with van der Waals surface area (Å²) in [7, 11) is 4.10. The number of likely N-dealkylation sites (N-methyl/N-ethyl adjacent to an activating group) is 1. The molecule has 2 aromatic carbocycles. The molecule has 192 valence electrons. The fourth-order valence-electron chi connectivity index (χ4n) is 4.63. The van der Waals surface area contributed by atoms with Gasteiger partial charge in [-0.05, 0) is 57.3 Å². The maximum atomic E-state index is 15.5. The van der Waals surface area contributed by atoms with Crippen LogP contribution < -0.4 is 20.5 Å². The maximum Gasteiger partial charge on any atom is 0.252 e. The summed E-state index contributed by atoms with van der Waals surface area (Å²) in [5, 5.41) is 6.53. The largest absolute Gasteiger partial charge is 0.378 e. The van der Waals surface area contributed by atoms with Gasteiger partial charge >= 0.3 is 0 Å². The molecule has 1 amide bonds. The molecule has 2 aliphatic heterocycles. The molecular formula is C27H35FN6O2. The summed E-state index contributed by atoms with van der Waals surface area (Å²) in [5.74, 6) is -0.615. The average molecular weight is 495 g/mol. The molecule has 0 radical (unpaired) electrons. The van der Waals surface area contributed by atoms with Crippen molar-refractivity contribution in [2.45, 2.75) is 19.4 Å². The molecule has 0 aromatic heterocycles. The van der Waals surface area contributed by atoms with E-state index in [0.717, 1.165) is 43.9 Å². The number of hydrogen-bond donors (Lipinski definition) is 2. The number of rotatable bonds is 8. The smallest absolute Gasteiger partial charge is 0.252 e. The molecule has 4 rings (SSSR count). The first-order valence-corrected chi connectivity index (χ1v) is 12.2. The lowest BCUT2D eigenvalue weighted by Gasteiger charge is -2.29. The summed E-state index contributed by atoms with van der Waals surface area (Å²) in [6.07, 6.45) is 2.45. The van der Waals surface area contributed by atoms with Gasteiger partial charge in [0.2, 0.25) is 0 Å². The third-order valence-corrected chi connectivity index (χ3v) is 6.85. The quantitative estimate of drug-likeness (QED) is 0.333. The summed E-state index contributed by atoms with van der Waals surface area (Å²) < 4.78 is 21.0. The monoisotopic (exact) mass is 494 g/mol. The Balaban J connectivity index is 1.66. The molecule has 1 atom stereocenters. The van der Waals surface area contributed by atoms with E-state index in [1.807, 2.05) is 24.3 Å². The molecule has 9 heteroatoms. The lowest BCUT2D eigenvalue weighted by molar-refractivity contribution is -0.112. The summed E-state index contributed by atoms with van der Waals surface area (Å²) in [6, 6.07) is 11.5. The van der Waals surface area contributed by atoms with Gasteiger partial charge in [-0.3, -0.25) is 10.2 Å². The van der Waals surface area contributed by atoms with E-state index >= 15 is 4.39 Å². The van der Waals surface area contributed by atoms with Gasteiger partial charge < -0.3 is 24.8 Å². The van der Waals surface area contributed by atoms with Gasteiger partial charge in [-0.2, -0.15) is 5.10 Å². The minimum Gasteiger partial charge on any atom is -0.378 e. The summed E-state index contributed by atoms with van der Waals surface area (Å²) in [6.45, 7) is 9.68. The summed E-state index contributed by atoms with van der Waals surface area (Å²) in [5.41, 5.74) is 6.56. The van der Waals surface area contributed by atoms with Crippen LogP contribution in [-0.4, -0.2) is 77.1 Å². The molecule has 2 aromatic rings. The predicted molar refractivity (Wildman–Crippen MR) is 144 cm³/mol. The van der Waals surface area contributed by atoms with Crippen molar-refractivity contribution >= 4 is 29.7 Å². The van der Waals surface area contributed by atoms with Crippen LogP contribution in [0, 0.1) is 5.82 Å². The van der Waals surface area contributed by atoms with E-state index in [4.69, 9.17) is 4.74 Å². The van der Waals surface area contributed by atoms with Crippen molar-refractivity contribution in [3.8, 4) is 11.1 Å². The maximum absolute atomic E-state index is 15.5. The van der Waals surface area contributed by atoms with Crippen LogP contribution in [0.3, 0.4) is 0 Å². The molecule has 8 nitrogen and oxygen atoms in total. The third kappa shape index (κ3) is 5.85. The number of ether oxygens (including phenoxy) is 1. The van der Waals surface area contributed by atoms with Gasteiger partial charge in [-0.1, -0.05) is 12.1 Å². The number of amides is 1. The highest BCUT2D eigenvalue weighted by Gasteiger charge is 2.27. The lowest BCUT2D eigenvalue weighted by Crippen LogP contribution is -2.36. The highest BCUT2D eigenvalue weighted by Crippen LogP contribution is 2.37. The van der Waals surface area contributed by atoms with E-state index in [1.54, 1.807) is 19.1 Å². The second-order valence-corrected chi connectivity index (χ2v) is 9.42. The van der Waals surface area contributed by atoms with Crippen LogP contribution in [0.2, 0.25) is 0 Å². The van der Waals surface area contributed by atoms with Gasteiger partial charge in [0.25, 0.3) is 5.91 Å². The van der Waals surface area contributed by atoms with Gasteiger partial charge in [-0.15, -0.1) is 0 Å². The van der Waals surface area contributed by atoms with Crippen LogP contribution >= 0.6 is 0 Å². The Bertz CT molecular complexity index is 1110. The van der Waals surface area contributed by atoms with Crippen molar-refractivity contribution in [3.05, 3.63) is 54.0 Å². The minimum atomic E-state index is -0.319. The van der Waals surface area contributed by atoms with Gasteiger partial charge in [0.05, 0.1) is 24.6 Å². The van der Waals surface area contributed by atoms with Crippen LogP contribution in [0.15, 0.2) is 53.3 Å². The Kier molecular flexibility index (Phi) is 8.22. The number of nitrogens with zero attached hydrogens (tertiary/aromatic N) is 4. The predicted octanol–water partition coefficient (Wildman–Crippen LogP) is 3.52. The second kappa shape index (κ2) is 11.5. The van der Waals surface area contributed by atoms with Gasteiger partial charge in [0.15, 0.2) is 0 Å². The first-order chi connectivity index (χ1) is 17.4. The van der Waals surface area contributed by atoms with Crippen molar-refractivity contribution in [2.75, 3.05) is 68.6 Å². The molecule has 0 unspecified atom stereocenters. The molecule has 2 fully saturated rings. The minimum absolute atomic E-state index is 0.295. The molecular weight excluding hydrogens is 459 g/mol. The normalized spacial score (nSPS) is 18.5. The fraction of sp³-hybridized carbons (Fsp3) is 0.407. The van der Waals surface area contributed by atoms with Crippen molar-refractivity contribution in [3.63, 3.8) is 0 Å². The molecule has 36 heavy (non-hydrogen) atoms. The van der Waals surface area contributed by atoms with Crippen molar-refractivity contribution < 1.29 is 13.9 Å². The topological polar surface area (TPSA) is 72.4 Å². The number of benzene rings is 2. The van der Waals surface area contributed by atoms with E-state index in [9.17, 15) is 4.79 Å². The number of halogens is 1. The number of anilines is 3. The third-order valence-electron chi connectivity index (χ3n) is 6.85. The zero-order valence-electron chi connectivity index (χ0n) is 21.3. The SMILES string of the molecule is C=NN/C=C(\C)C(=O)Nc1cc(-c2ccc(N3CCOCC3)cc2)c(F)cc1N1CC[C@@H](N(C)C)C1. The number of nitrogens with one attached hydrogen (secondary N) is 2. The summed E-state index contributed by atoms with van der Waals surface area (Å²) >= 11 is 0. The Morgan fingerprint density at radius 1 is 1.17 bits per heavy atom. The number of hydrogen-bond acceptors (Lipinski definition) is 7. The van der Waals surface area contributed by atoms with Crippen molar-refractivity contribution in [1.29, 1.82) is 0 Å². The standard InChI is InChI=1S/C27H35FN6O2/c1-19(17-30-29-2)27(35)31-25-15-23(20-5-7-21(8-6-20)33-11-13-36-14-12-33)24(28)16-26(25)34-10-9-22(18-34)32(3)4/h5-8,15-17,22,30H,2,9-14,18H2,1,3-4H3,(H,31,35)/b19-17+/t22-/m1/s1. The van der Waals surface area contributed by atoms with E-state index < -0.39 is 0 Å². The molecule has 2 saturated heterocycles. The summed E-state index contributed by atoms with van der Waals surface area (Å²) in [4.78, 5) is 19.5. The first kappa shape index (κ1) is 25.7. The molecule has 0 bridgehead atoms. The Morgan fingerprint density at radius 3 is 2.53 bits per heavy atom. The number of hydrazone groups is 1. The second-order valence-electron chi connectivity index (χ2n) is 9.42. The van der Waals surface area contributed by atoms with E-state index in [-0.39, 0.29) is 11.7 Å². The van der Waals surface area contributed by atoms with Crippen molar-refractivity contribution in [2.24, 2.45) is 5.10 Å². The molecule has 0 spiro atoms. The van der Waals surface area contributed by atoms with E-state index in [2.05, 4.69) is 51.4 Å². The molecule has 0 aliphatic carbocycles. The Morgan fingerprint density at radius 2 is 1.89 bits per heavy atom. The molecule has 2 aliphatic rings. The van der Waals surface area contributed by atoms with E-state index in [0.29, 0.717) is 41.8 Å². The van der Waals surface area contributed by atoms with Crippen molar-refractivity contribution in [1.82, 2.24) is 10.3 Å². The van der Waals surface area contributed by atoms with Crippen LogP contribution in [0.1, 0.15) is 13.3 Å². The molecule has 2 N–H and O–H groups in total. The van der Waals surface area contributed by atoms with Gasteiger partial charge in [-0.25, -0.2) is 4.39 Å². The highest BCUT2D eigenvalue weighted by molar-refractivity contribution is 6.05. The molecule has 2 heterocycles. The number of carbonyl (C=O) groups is 1. The Hall–Kier alpha value is -3.43. The highest BCUT2D eigenvalue weighted by atomic mass is 19.1. The fourth-order valence-corrected chi connectivity index (χ4v) is 4.63. The zero-order valence-corrected chi connectivity index (χ0v) is 21.3.